The maximum absolute atomic E-state index is 13.7. The molecule has 1 aliphatic carbocycles. The number of hydrogen-bond acceptors (Lipinski definition) is 3. The molecule has 100 valence electrons. The monoisotopic (exact) mass is 276 g/mol. The van der Waals surface area contributed by atoms with Gasteiger partial charge in [0.1, 0.15) is 17.2 Å². The molecule has 1 saturated carbocycles. The minimum Gasteiger partial charge on any atom is -0.384 e. The predicted molar refractivity (Wildman–Crippen MR) is 62.7 cm³/mol. The zero-order chi connectivity index (χ0) is 13.6. The van der Waals surface area contributed by atoms with Crippen LogP contribution < -0.4 is 0 Å². The molecule has 1 aromatic rings. The topological polar surface area (TPSA) is 54.4 Å². The molecule has 0 saturated heterocycles. The lowest BCUT2D eigenvalue weighted by Gasteiger charge is -2.29. The van der Waals surface area contributed by atoms with Gasteiger partial charge in [0, 0.05) is 17.9 Å². The van der Waals surface area contributed by atoms with Crippen LogP contribution in [0.25, 0.3) is 0 Å². The first-order valence-corrected chi connectivity index (χ1v) is 7.57. The van der Waals surface area contributed by atoms with Crippen molar-refractivity contribution in [3.05, 3.63) is 35.4 Å². The lowest BCUT2D eigenvalue weighted by molar-refractivity contribution is 0.0439. The van der Waals surface area contributed by atoms with Crippen LogP contribution in [0, 0.1) is 11.6 Å². The minimum atomic E-state index is -3.50. The Morgan fingerprint density at radius 3 is 2.61 bits per heavy atom. The zero-order valence-electron chi connectivity index (χ0n) is 9.86. The summed E-state index contributed by atoms with van der Waals surface area (Å²) >= 11 is 0. The van der Waals surface area contributed by atoms with Gasteiger partial charge >= 0.3 is 0 Å². The first kappa shape index (κ1) is 13.4. The molecule has 2 unspecified atom stereocenters. The Balaban J connectivity index is 2.53. The summed E-state index contributed by atoms with van der Waals surface area (Å²) < 4.78 is 49.9. The number of sulfone groups is 1. The van der Waals surface area contributed by atoms with Gasteiger partial charge in [-0.25, -0.2) is 17.2 Å². The molecule has 1 N–H and O–H groups in total. The van der Waals surface area contributed by atoms with Crippen LogP contribution in [0.5, 0.6) is 0 Å². The van der Waals surface area contributed by atoms with E-state index >= 15 is 0 Å². The van der Waals surface area contributed by atoms with Crippen LogP contribution in [0.2, 0.25) is 0 Å². The Bertz CT molecular complexity index is 571. The van der Waals surface area contributed by atoms with Crippen molar-refractivity contribution in [3.8, 4) is 0 Å². The Hall–Kier alpha value is -1.01. The fourth-order valence-corrected chi connectivity index (χ4v) is 4.22. The molecule has 3 nitrogen and oxygen atoms in total. The van der Waals surface area contributed by atoms with E-state index in [1.54, 1.807) is 0 Å². The van der Waals surface area contributed by atoms with Gasteiger partial charge in [-0.05, 0) is 25.3 Å². The van der Waals surface area contributed by atoms with Crippen LogP contribution in [-0.4, -0.2) is 25.0 Å². The van der Waals surface area contributed by atoms with Crippen LogP contribution >= 0.6 is 0 Å². The summed E-state index contributed by atoms with van der Waals surface area (Å²) in [4.78, 5) is 0. The van der Waals surface area contributed by atoms with E-state index in [2.05, 4.69) is 0 Å². The summed E-state index contributed by atoms with van der Waals surface area (Å²) in [7, 11) is -3.50. The molecule has 1 fully saturated rings. The third kappa shape index (κ3) is 2.14. The van der Waals surface area contributed by atoms with E-state index in [9.17, 15) is 22.3 Å². The molecule has 6 heteroatoms. The molecular formula is C12H14F2O3S. The summed E-state index contributed by atoms with van der Waals surface area (Å²) in [5.41, 5.74) is -1.90. The van der Waals surface area contributed by atoms with Crippen molar-refractivity contribution in [3.63, 3.8) is 0 Å². The van der Waals surface area contributed by atoms with E-state index < -0.39 is 32.3 Å². The molecule has 0 spiro atoms. The number of benzene rings is 1. The summed E-state index contributed by atoms with van der Waals surface area (Å²) in [5, 5.41) is 9.45. The standard InChI is InChI=1S/C12H14F2O3S/c1-18(16,17)11-3-2-6-12(11,15)9-5-4-8(13)7-10(9)14/h4-5,7,11,15H,2-3,6H2,1H3. The van der Waals surface area contributed by atoms with Crippen LogP contribution in [0.15, 0.2) is 18.2 Å². The van der Waals surface area contributed by atoms with Crippen LogP contribution in [0.4, 0.5) is 8.78 Å². The van der Waals surface area contributed by atoms with E-state index in [4.69, 9.17) is 0 Å². The maximum atomic E-state index is 13.7. The smallest absolute Gasteiger partial charge is 0.153 e. The third-order valence-electron chi connectivity index (χ3n) is 3.47. The Kier molecular flexibility index (Phi) is 3.19. The van der Waals surface area contributed by atoms with Crippen molar-refractivity contribution in [2.75, 3.05) is 6.26 Å². The normalized spacial score (nSPS) is 28.6. The van der Waals surface area contributed by atoms with Gasteiger partial charge in [-0.2, -0.15) is 0 Å². The predicted octanol–water partition coefficient (Wildman–Crippen LogP) is 1.75. The first-order valence-electron chi connectivity index (χ1n) is 5.62. The second kappa shape index (κ2) is 4.28. The third-order valence-corrected chi connectivity index (χ3v) is 5.13. The highest BCUT2D eigenvalue weighted by atomic mass is 32.2. The van der Waals surface area contributed by atoms with Crippen LogP contribution in [-0.2, 0) is 15.4 Å². The molecule has 2 atom stereocenters. The molecule has 0 bridgehead atoms. The Morgan fingerprint density at radius 2 is 2.06 bits per heavy atom. The molecule has 18 heavy (non-hydrogen) atoms. The van der Waals surface area contributed by atoms with Crippen LogP contribution in [0.3, 0.4) is 0 Å². The highest BCUT2D eigenvalue weighted by Crippen LogP contribution is 2.43. The number of rotatable bonds is 2. The summed E-state index contributed by atoms with van der Waals surface area (Å²) in [6.07, 6.45) is 1.96. The molecule has 0 amide bonds. The van der Waals surface area contributed by atoms with Gasteiger partial charge in [0.05, 0.1) is 5.25 Å². The van der Waals surface area contributed by atoms with Crippen molar-refractivity contribution in [1.82, 2.24) is 0 Å². The van der Waals surface area contributed by atoms with Gasteiger partial charge in [-0.3, -0.25) is 0 Å². The number of aliphatic hydroxyl groups is 1. The molecule has 0 aliphatic heterocycles. The molecule has 0 radical (unpaired) electrons. The lowest BCUT2D eigenvalue weighted by Crippen LogP contribution is -2.40. The Morgan fingerprint density at radius 1 is 1.39 bits per heavy atom. The zero-order valence-corrected chi connectivity index (χ0v) is 10.7. The number of hydrogen-bond donors (Lipinski definition) is 1. The van der Waals surface area contributed by atoms with Gasteiger partial charge in [0.25, 0.3) is 0 Å². The van der Waals surface area contributed by atoms with Crippen molar-refractivity contribution in [2.45, 2.75) is 30.1 Å². The second-order valence-electron chi connectivity index (χ2n) is 4.76. The van der Waals surface area contributed by atoms with E-state index in [1.807, 2.05) is 0 Å². The van der Waals surface area contributed by atoms with E-state index in [0.717, 1.165) is 18.4 Å². The molecular weight excluding hydrogens is 262 g/mol. The minimum absolute atomic E-state index is 0.142. The molecule has 0 heterocycles. The van der Waals surface area contributed by atoms with Gasteiger partial charge in [0.2, 0.25) is 0 Å². The largest absolute Gasteiger partial charge is 0.384 e. The first-order chi connectivity index (χ1) is 8.25. The molecule has 1 aromatic carbocycles. The quantitative estimate of drug-likeness (QED) is 0.895. The summed E-state index contributed by atoms with van der Waals surface area (Å²) in [5.74, 6) is -1.66. The van der Waals surface area contributed by atoms with Crippen molar-refractivity contribution in [1.29, 1.82) is 0 Å². The summed E-state index contributed by atoms with van der Waals surface area (Å²) in [6, 6.07) is 2.80. The van der Waals surface area contributed by atoms with Gasteiger partial charge < -0.3 is 5.11 Å². The highest BCUT2D eigenvalue weighted by Gasteiger charge is 2.49. The van der Waals surface area contributed by atoms with Gasteiger partial charge in [-0.1, -0.05) is 6.07 Å². The molecule has 0 aromatic heterocycles. The average molecular weight is 276 g/mol. The van der Waals surface area contributed by atoms with Crippen molar-refractivity contribution >= 4 is 9.84 Å². The van der Waals surface area contributed by atoms with Crippen LogP contribution in [0.1, 0.15) is 24.8 Å². The second-order valence-corrected chi connectivity index (χ2v) is 6.99. The van der Waals surface area contributed by atoms with Crippen molar-refractivity contribution < 1.29 is 22.3 Å². The fraction of sp³-hybridized carbons (Fsp3) is 0.500. The number of halogens is 2. The van der Waals surface area contributed by atoms with Crippen molar-refractivity contribution in [2.24, 2.45) is 0 Å². The highest BCUT2D eigenvalue weighted by molar-refractivity contribution is 7.91. The van der Waals surface area contributed by atoms with Gasteiger partial charge in [-0.15, -0.1) is 0 Å². The van der Waals surface area contributed by atoms with E-state index in [1.165, 1.54) is 0 Å². The lowest BCUT2D eigenvalue weighted by atomic mass is 9.91. The fourth-order valence-electron chi connectivity index (χ4n) is 2.67. The molecule has 1 aliphatic rings. The van der Waals surface area contributed by atoms with E-state index in [0.29, 0.717) is 12.5 Å². The maximum Gasteiger partial charge on any atom is 0.153 e. The van der Waals surface area contributed by atoms with Gasteiger partial charge in [0.15, 0.2) is 9.84 Å². The molecule has 2 rings (SSSR count). The average Bonchev–Trinajstić information content (AvgIpc) is 2.60. The SMILES string of the molecule is CS(=O)(=O)C1CCCC1(O)c1ccc(F)cc1F. The summed E-state index contributed by atoms with van der Waals surface area (Å²) in [6.45, 7) is 0. The Labute approximate surface area is 104 Å². The van der Waals surface area contributed by atoms with E-state index in [-0.39, 0.29) is 18.4 Å².